The molecule has 1 aliphatic heterocycles. The molecular formula is C20H22F2N2O3. The van der Waals surface area contributed by atoms with Crippen LogP contribution >= 0.6 is 0 Å². The lowest BCUT2D eigenvalue weighted by Gasteiger charge is -2.34. The van der Waals surface area contributed by atoms with E-state index in [-0.39, 0.29) is 11.7 Å². The number of hydrogen-bond acceptors (Lipinski definition) is 4. The fraction of sp³-hybridized carbons (Fsp3) is 0.350. The van der Waals surface area contributed by atoms with Crippen LogP contribution < -0.4 is 9.47 Å². The zero-order valence-corrected chi connectivity index (χ0v) is 15.1. The van der Waals surface area contributed by atoms with Crippen LogP contribution in [0.1, 0.15) is 15.9 Å². The first-order valence-corrected chi connectivity index (χ1v) is 8.74. The molecule has 27 heavy (non-hydrogen) atoms. The van der Waals surface area contributed by atoms with Gasteiger partial charge >= 0.3 is 6.61 Å². The van der Waals surface area contributed by atoms with E-state index in [1.807, 2.05) is 18.2 Å². The zero-order valence-electron chi connectivity index (χ0n) is 15.1. The molecule has 0 N–H and O–H groups in total. The SMILES string of the molecule is COc1cccc(CN2CCN(C(=O)c3cccc(OC(F)F)c3)CC2)c1. The van der Waals surface area contributed by atoms with Gasteiger partial charge in [0.2, 0.25) is 0 Å². The summed E-state index contributed by atoms with van der Waals surface area (Å²) in [5, 5.41) is 0. The molecule has 3 rings (SSSR count). The molecule has 0 atom stereocenters. The van der Waals surface area contributed by atoms with Gasteiger partial charge in [-0.05, 0) is 35.9 Å². The average molecular weight is 376 g/mol. The Balaban J connectivity index is 1.56. The summed E-state index contributed by atoms with van der Waals surface area (Å²) in [6, 6.07) is 13.9. The molecule has 0 unspecified atom stereocenters. The molecule has 0 bridgehead atoms. The Kier molecular flexibility index (Phi) is 6.24. The van der Waals surface area contributed by atoms with Crippen LogP contribution in [0.5, 0.6) is 11.5 Å². The van der Waals surface area contributed by atoms with E-state index in [4.69, 9.17) is 4.74 Å². The predicted octanol–water partition coefficient (Wildman–Crippen LogP) is 3.25. The summed E-state index contributed by atoms with van der Waals surface area (Å²) < 4.78 is 34.3. The molecule has 1 aliphatic rings. The normalized spacial score (nSPS) is 15.0. The van der Waals surface area contributed by atoms with Crippen LogP contribution in [0.2, 0.25) is 0 Å². The number of ether oxygens (including phenoxy) is 2. The molecule has 144 valence electrons. The molecule has 1 heterocycles. The Bertz CT molecular complexity index is 777. The van der Waals surface area contributed by atoms with Gasteiger partial charge in [0.1, 0.15) is 11.5 Å². The van der Waals surface area contributed by atoms with E-state index < -0.39 is 6.61 Å². The molecule has 0 aliphatic carbocycles. The third kappa shape index (κ3) is 5.17. The van der Waals surface area contributed by atoms with Crippen molar-refractivity contribution >= 4 is 5.91 Å². The lowest BCUT2D eigenvalue weighted by molar-refractivity contribution is -0.0499. The lowest BCUT2D eigenvalue weighted by atomic mass is 10.1. The number of piperazine rings is 1. The van der Waals surface area contributed by atoms with Gasteiger partial charge in [-0.15, -0.1) is 0 Å². The van der Waals surface area contributed by atoms with Crippen molar-refractivity contribution in [2.24, 2.45) is 0 Å². The Morgan fingerprint density at radius 2 is 1.74 bits per heavy atom. The second kappa shape index (κ2) is 8.81. The summed E-state index contributed by atoms with van der Waals surface area (Å²) in [6.45, 7) is 0.546. The molecule has 5 nitrogen and oxygen atoms in total. The summed E-state index contributed by atoms with van der Waals surface area (Å²) in [5.74, 6) is 0.649. The van der Waals surface area contributed by atoms with Gasteiger partial charge in [0, 0.05) is 38.3 Å². The highest BCUT2D eigenvalue weighted by atomic mass is 19.3. The Hall–Kier alpha value is -2.67. The minimum Gasteiger partial charge on any atom is -0.497 e. The summed E-state index contributed by atoms with van der Waals surface area (Å²) in [7, 11) is 1.64. The van der Waals surface area contributed by atoms with E-state index >= 15 is 0 Å². The van der Waals surface area contributed by atoms with Crippen molar-refractivity contribution in [3.05, 3.63) is 59.7 Å². The van der Waals surface area contributed by atoms with Gasteiger partial charge in [0.25, 0.3) is 5.91 Å². The number of benzene rings is 2. The maximum atomic E-state index is 12.6. The van der Waals surface area contributed by atoms with E-state index in [1.165, 1.54) is 12.1 Å². The molecular weight excluding hydrogens is 354 g/mol. The maximum absolute atomic E-state index is 12.6. The predicted molar refractivity (Wildman–Crippen MR) is 97.2 cm³/mol. The van der Waals surface area contributed by atoms with Crippen LogP contribution in [-0.2, 0) is 6.54 Å². The lowest BCUT2D eigenvalue weighted by Crippen LogP contribution is -2.48. The van der Waals surface area contributed by atoms with Crippen LogP contribution in [0.3, 0.4) is 0 Å². The first-order chi connectivity index (χ1) is 13.0. The van der Waals surface area contributed by atoms with E-state index in [2.05, 4.69) is 15.7 Å². The molecule has 1 fully saturated rings. The number of amides is 1. The topological polar surface area (TPSA) is 42.0 Å². The highest BCUT2D eigenvalue weighted by molar-refractivity contribution is 5.94. The standard InChI is InChI=1S/C20H22F2N2O3/c1-26-17-6-2-4-15(12-17)14-23-8-10-24(11-9-23)19(25)16-5-3-7-18(13-16)27-20(21)22/h2-7,12-13,20H,8-11,14H2,1H3. The van der Waals surface area contributed by atoms with Crippen molar-refractivity contribution in [3.63, 3.8) is 0 Å². The summed E-state index contributed by atoms with van der Waals surface area (Å²) >= 11 is 0. The number of alkyl halides is 2. The number of rotatable bonds is 6. The zero-order chi connectivity index (χ0) is 19.2. The molecule has 2 aromatic rings. The van der Waals surface area contributed by atoms with Crippen molar-refractivity contribution in [1.29, 1.82) is 0 Å². The van der Waals surface area contributed by atoms with Crippen LogP contribution in [-0.4, -0.2) is 55.6 Å². The number of carbonyl (C=O) groups is 1. The maximum Gasteiger partial charge on any atom is 0.387 e. The molecule has 1 amide bonds. The minimum absolute atomic E-state index is 0.00693. The fourth-order valence-corrected chi connectivity index (χ4v) is 3.13. The van der Waals surface area contributed by atoms with Crippen molar-refractivity contribution in [1.82, 2.24) is 9.80 Å². The number of nitrogens with zero attached hydrogens (tertiary/aromatic N) is 2. The second-order valence-corrected chi connectivity index (χ2v) is 6.33. The van der Waals surface area contributed by atoms with Gasteiger partial charge in [-0.3, -0.25) is 9.69 Å². The van der Waals surface area contributed by atoms with E-state index in [0.29, 0.717) is 18.7 Å². The van der Waals surface area contributed by atoms with E-state index in [9.17, 15) is 13.6 Å². The third-order valence-electron chi connectivity index (χ3n) is 4.51. The first-order valence-electron chi connectivity index (χ1n) is 8.74. The van der Waals surface area contributed by atoms with Gasteiger partial charge in [-0.2, -0.15) is 8.78 Å². The van der Waals surface area contributed by atoms with Crippen molar-refractivity contribution < 1.29 is 23.0 Å². The van der Waals surface area contributed by atoms with Crippen LogP contribution in [0.4, 0.5) is 8.78 Å². The molecule has 0 spiro atoms. The molecule has 7 heteroatoms. The Labute approximate surface area is 157 Å². The highest BCUT2D eigenvalue weighted by Crippen LogP contribution is 2.19. The molecule has 0 aromatic heterocycles. The third-order valence-corrected chi connectivity index (χ3v) is 4.51. The van der Waals surface area contributed by atoms with Crippen LogP contribution in [0.15, 0.2) is 48.5 Å². The number of hydrogen-bond donors (Lipinski definition) is 0. The van der Waals surface area contributed by atoms with Crippen molar-refractivity contribution in [3.8, 4) is 11.5 Å². The smallest absolute Gasteiger partial charge is 0.387 e. The van der Waals surface area contributed by atoms with Crippen LogP contribution in [0.25, 0.3) is 0 Å². The van der Waals surface area contributed by atoms with Crippen LogP contribution in [0, 0.1) is 0 Å². The molecule has 1 saturated heterocycles. The van der Waals surface area contributed by atoms with Gasteiger partial charge < -0.3 is 14.4 Å². The van der Waals surface area contributed by atoms with E-state index in [1.54, 1.807) is 24.1 Å². The van der Waals surface area contributed by atoms with Gasteiger partial charge in [-0.25, -0.2) is 0 Å². The number of halogens is 2. The fourth-order valence-electron chi connectivity index (χ4n) is 3.13. The summed E-state index contributed by atoms with van der Waals surface area (Å²) in [5.41, 5.74) is 1.51. The Morgan fingerprint density at radius 1 is 1.04 bits per heavy atom. The second-order valence-electron chi connectivity index (χ2n) is 6.33. The monoisotopic (exact) mass is 376 g/mol. The Morgan fingerprint density at radius 3 is 2.44 bits per heavy atom. The summed E-state index contributed by atoms with van der Waals surface area (Å²) in [4.78, 5) is 16.6. The van der Waals surface area contributed by atoms with Crippen molar-refractivity contribution in [2.75, 3.05) is 33.3 Å². The largest absolute Gasteiger partial charge is 0.497 e. The average Bonchev–Trinajstić information content (AvgIpc) is 2.68. The van der Waals surface area contributed by atoms with Gasteiger partial charge in [-0.1, -0.05) is 18.2 Å². The minimum atomic E-state index is -2.91. The summed E-state index contributed by atoms with van der Waals surface area (Å²) in [6.07, 6.45) is 0. The molecule has 0 radical (unpaired) electrons. The van der Waals surface area contributed by atoms with E-state index in [0.717, 1.165) is 30.9 Å². The number of methoxy groups -OCH3 is 1. The molecule has 2 aromatic carbocycles. The quantitative estimate of drug-likeness (QED) is 0.776. The van der Waals surface area contributed by atoms with Crippen molar-refractivity contribution in [2.45, 2.75) is 13.2 Å². The van der Waals surface area contributed by atoms with Gasteiger partial charge in [0.15, 0.2) is 0 Å². The first kappa shape index (κ1) is 19.1. The molecule has 0 saturated carbocycles. The van der Waals surface area contributed by atoms with Gasteiger partial charge in [0.05, 0.1) is 7.11 Å². The number of carbonyl (C=O) groups excluding carboxylic acids is 1. The highest BCUT2D eigenvalue weighted by Gasteiger charge is 2.22.